The number of fused-ring (bicyclic) bond motifs is 3. The predicted octanol–water partition coefficient (Wildman–Crippen LogP) is 6.72. The summed E-state index contributed by atoms with van der Waals surface area (Å²) in [5.41, 5.74) is 0.819. The smallest absolute Gasteiger partial charge is 0.341 e. The number of carbonyl (C=O) groups is 6. The van der Waals surface area contributed by atoms with Crippen LogP contribution in [0.25, 0.3) is 0 Å². The van der Waals surface area contributed by atoms with Crippen molar-refractivity contribution in [3.8, 4) is 0 Å². The van der Waals surface area contributed by atoms with Gasteiger partial charge in [-0.2, -0.15) is 0 Å². The van der Waals surface area contributed by atoms with Gasteiger partial charge in [-0.25, -0.2) is 9.59 Å². The van der Waals surface area contributed by atoms with Crippen LogP contribution in [0.5, 0.6) is 0 Å². The lowest BCUT2D eigenvalue weighted by Gasteiger charge is -2.41. The Hall–Kier alpha value is -4.60. The zero-order valence-electron chi connectivity index (χ0n) is 40.3. The van der Waals surface area contributed by atoms with Gasteiger partial charge in [-0.1, -0.05) is 114 Å². The van der Waals surface area contributed by atoms with Crippen LogP contribution >= 0.6 is 0 Å². The topological polar surface area (TPSA) is 227 Å². The van der Waals surface area contributed by atoms with Gasteiger partial charge in [0.2, 0.25) is 5.91 Å². The standard InChI is InChI=1S/C51H76N2O13/c1-8-10-11-17-23-29-40(56)63-44-42-41(34(4)43(44)64-47(58)33(3)9-2)45-51(61,50(7,60)48(59)65-45)38(32-49(42,6)66-35(5)54)62-39(55)28-24-18-15-13-12-14-16-19-25-30-53-46(57)37(52)31-36-26-21-20-22-27-36/h9,20-22,26-27,37-38,42-45,60-61H,8,10-19,23-25,28-32,52H2,1-7H3,(H,53,57)/t37-,38-,42+,43-,44-,45-,49-,50+,51+/m0/s1. The number of esters is 5. The quantitative estimate of drug-likeness (QED) is 0.0249. The summed E-state index contributed by atoms with van der Waals surface area (Å²) in [6.07, 6.45) is 8.13. The molecule has 0 aromatic heterocycles. The van der Waals surface area contributed by atoms with Gasteiger partial charge >= 0.3 is 29.8 Å². The van der Waals surface area contributed by atoms with Gasteiger partial charge < -0.3 is 44.9 Å². The number of benzene rings is 1. The Morgan fingerprint density at radius 1 is 0.848 bits per heavy atom. The highest BCUT2D eigenvalue weighted by atomic mass is 16.6. The molecule has 0 unspecified atom stereocenters. The molecule has 4 rings (SSSR count). The molecular weight excluding hydrogens is 849 g/mol. The highest BCUT2D eigenvalue weighted by Gasteiger charge is 2.76. The number of ether oxygens (including phenoxy) is 5. The molecule has 0 radical (unpaired) electrons. The molecule has 1 aromatic rings. The summed E-state index contributed by atoms with van der Waals surface area (Å²) < 4.78 is 30.0. The average Bonchev–Trinajstić information content (AvgIpc) is 3.60. The van der Waals surface area contributed by atoms with E-state index in [0.717, 1.165) is 89.5 Å². The van der Waals surface area contributed by atoms with Gasteiger partial charge in [0.25, 0.3) is 0 Å². The van der Waals surface area contributed by atoms with Crippen LogP contribution in [0.4, 0.5) is 0 Å². The van der Waals surface area contributed by atoms with E-state index in [1.54, 1.807) is 33.8 Å². The fraction of sp³-hybridized carbons (Fsp3) is 0.686. The second-order valence-corrected chi connectivity index (χ2v) is 18.8. The molecule has 1 aliphatic heterocycles. The van der Waals surface area contributed by atoms with E-state index >= 15 is 0 Å². The zero-order chi connectivity index (χ0) is 48.7. The lowest BCUT2D eigenvalue weighted by molar-refractivity contribution is -0.212. The van der Waals surface area contributed by atoms with Gasteiger partial charge in [0.15, 0.2) is 29.5 Å². The van der Waals surface area contributed by atoms with E-state index in [2.05, 4.69) is 12.2 Å². The molecule has 2 aliphatic carbocycles. The van der Waals surface area contributed by atoms with Crippen molar-refractivity contribution in [2.24, 2.45) is 11.7 Å². The van der Waals surface area contributed by atoms with Crippen molar-refractivity contribution < 1.29 is 62.7 Å². The second-order valence-electron chi connectivity index (χ2n) is 18.8. The van der Waals surface area contributed by atoms with Gasteiger partial charge in [-0.3, -0.25) is 19.2 Å². The maximum absolute atomic E-state index is 13.6. The number of nitrogens with one attached hydrogen (secondary N) is 1. The van der Waals surface area contributed by atoms with E-state index in [1.165, 1.54) is 6.92 Å². The second kappa shape index (κ2) is 25.0. The number of amides is 1. The molecule has 15 nitrogen and oxygen atoms in total. The molecule has 66 heavy (non-hydrogen) atoms. The summed E-state index contributed by atoms with van der Waals surface area (Å²) in [6, 6.07) is 9.11. The normalized spacial score (nSPS) is 27.5. The maximum atomic E-state index is 13.6. The van der Waals surface area contributed by atoms with Crippen molar-refractivity contribution in [1.82, 2.24) is 5.32 Å². The molecule has 2 fully saturated rings. The van der Waals surface area contributed by atoms with E-state index < -0.39 is 89.4 Å². The minimum absolute atomic E-state index is 0.0227. The summed E-state index contributed by atoms with van der Waals surface area (Å²) in [7, 11) is 0. The third-order valence-electron chi connectivity index (χ3n) is 13.6. The average molecular weight is 925 g/mol. The van der Waals surface area contributed by atoms with Gasteiger partial charge in [0.1, 0.15) is 11.7 Å². The Balaban J connectivity index is 1.40. The van der Waals surface area contributed by atoms with Gasteiger partial charge in [-0.15, -0.1) is 0 Å². The molecule has 0 bridgehead atoms. The molecule has 5 N–H and O–H groups in total. The van der Waals surface area contributed by atoms with Crippen LogP contribution in [-0.4, -0.2) is 99.8 Å². The van der Waals surface area contributed by atoms with E-state index in [1.807, 2.05) is 30.3 Å². The summed E-state index contributed by atoms with van der Waals surface area (Å²) in [5, 5.41) is 27.5. The Labute approximate surface area is 390 Å². The summed E-state index contributed by atoms with van der Waals surface area (Å²) in [5.74, 6) is -5.23. The Morgan fingerprint density at radius 3 is 1.98 bits per heavy atom. The van der Waals surface area contributed by atoms with Crippen molar-refractivity contribution >= 4 is 35.8 Å². The van der Waals surface area contributed by atoms with Crippen LogP contribution in [-0.2, 0) is 58.9 Å². The number of rotatable bonds is 26. The zero-order valence-corrected chi connectivity index (χ0v) is 40.3. The molecule has 3 aliphatic rings. The first-order chi connectivity index (χ1) is 31.3. The largest absolute Gasteiger partial charge is 0.459 e. The molecule has 1 heterocycles. The monoisotopic (exact) mass is 925 g/mol. The third-order valence-corrected chi connectivity index (χ3v) is 13.6. The van der Waals surface area contributed by atoms with Crippen molar-refractivity contribution in [3.05, 3.63) is 58.7 Å². The van der Waals surface area contributed by atoms with Crippen LogP contribution in [0, 0.1) is 5.92 Å². The lowest BCUT2D eigenvalue weighted by Crippen LogP contribution is -2.64. The Morgan fingerprint density at radius 2 is 1.41 bits per heavy atom. The fourth-order valence-electron chi connectivity index (χ4n) is 9.63. The van der Waals surface area contributed by atoms with Gasteiger partial charge in [-0.05, 0) is 77.0 Å². The van der Waals surface area contributed by atoms with Crippen LogP contribution in [0.2, 0.25) is 0 Å². The number of nitrogens with two attached hydrogens (primary N) is 1. The van der Waals surface area contributed by atoms with Crippen molar-refractivity contribution in [3.63, 3.8) is 0 Å². The summed E-state index contributed by atoms with van der Waals surface area (Å²) >= 11 is 0. The molecule has 1 saturated heterocycles. The number of allylic oxidation sites excluding steroid dienone is 1. The molecule has 1 aromatic carbocycles. The van der Waals surface area contributed by atoms with Gasteiger partial charge in [0.05, 0.1) is 12.0 Å². The molecule has 1 saturated carbocycles. The number of carbonyl (C=O) groups excluding carboxylic acids is 6. The Bertz CT molecular complexity index is 1900. The SMILES string of the molecule is CC=C(C)C(=O)O[C@H]1C(C)=C2[C@H]([C@@H]1OC(=O)CCCCCCC)[C@@](C)(OC(C)=O)C[C@H](OC(=O)CCCCCCCCCCCNC(=O)[C@@H](N)Cc1ccccc1)[C@@]1(O)[C@H]2OC(=O)[C@@]1(C)O. The summed E-state index contributed by atoms with van der Waals surface area (Å²) in [4.78, 5) is 79.3. The van der Waals surface area contributed by atoms with E-state index in [-0.39, 0.29) is 35.5 Å². The highest BCUT2D eigenvalue weighted by molar-refractivity contribution is 5.88. The van der Waals surface area contributed by atoms with Crippen molar-refractivity contribution in [1.29, 1.82) is 0 Å². The maximum Gasteiger partial charge on any atom is 0.341 e. The fourth-order valence-corrected chi connectivity index (χ4v) is 9.63. The molecule has 368 valence electrons. The highest BCUT2D eigenvalue weighted by Crippen LogP contribution is 2.57. The summed E-state index contributed by atoms with van der Waals surface area (Å²) in [6.45, 7) is 11.3. The van der Waals surface area contributed by atoms with E-state index in [9.17, 15) is 39.0 Å². The predicted molar refractivity (Wildman–Crippen MR) is 246 cm³/mol. The first-order valence-electron chi connectivity index (χ1n) is 24.2. The number of hydrogen-bond acceptors (Lipinski definition) is 14. The van der Waals surface area contributed by atoms with Gasteiger partial charge in [0, 0.05) is 38.3 Å². The minimum Gasteiger partial charge on any atom is -0.459 e. The van der Waals surface area contributed by atoms with Crippen LogP contribution in [0.15, 0.2) is 53.1 Å². The van der Waals surface area contributed by atoms with Crippen molar-refractivity contribution in [2.75, 3.05) is 6.54 Å². The van der Waals surface area contributed by atoms with Crippen LogP contribution in [0.3, 0.4) is 0 Å². The first-order valence-corrected chi connectivity index (χ1v) is 24.2. The van der Waals surface area contributed by atoms with Crippen LogP contribution < -0.4 is 11.1 Å². The van der Waals surface area contributed by atoms with E-state index in [4.69, 9.17) is 29.4 Å². The van der Waals surface area contributed by atoms with Crippen LogP contribution in [0.1, 0.15) is 163 Å². The number of hydrogen-bond donors (Lipinski definition) is 4. The number of aliphatic hydroxyl groups is 2. The molecule has 9 atom stereocenters. The first kappa shape index (κ1) is 54.0. The molecule has 15 heteroatoms. The Kier molecular flexibility index (Phi) is 20.4. The van der Waals surface area contributed by atoms with Crippen molar-refractivity contribution in [2.45, 2.75) is 211 Å². The number of unbranched alkanes of at least 4 members (excludes halogenated alkanes) is 12. The van der Waals surface area contributed by atoms with E-state index in [0.29, 0.717) is 25.8 Å². The molecule has 1 amide bonds. The minimum atomic E-state index is -2.62. The molecule has 0 spiro atoms. The third kappa shape index (κ3) is 13.5. The lowest BCUT2D eigenvalue weighted by atomic mass is 9.75. The molecular formula is C51H76N2O13.